The molecular weight excluding hydrogens is 286 g/mol. The molecule has 0 atom stereocenters. The van der Waals surface area contributed by atoms with Crippen LogP contribution in [-0.2, 0) is 0 Å². The fourth-order valence-corrected chi connectivity index (χ4v) is 3.31. The van der Waals surface area contributed by atoms with Crippen LogP contribution in [0.1, 0.15) is 11.1 Å². The van der Waals surface area contributed by atoms with Crippen molar-refractivity contribution in [3.8, 4) is 21.8 Å². The molecule has 0 radical (unpaired) electrons. The van der Waals surface area contributed by atoms with Crippen molar-refractivity contribution < 1.29 is 0 Å². The van der Waals surface area contributed by atoms with Gasteiger partial charge in [0, 0.05) is 16.5 Å². The predicted molar refractivity (Wildman–Crippen MR) is 87.5 cm³/mol. The first-order chi connectivity index (χ1) is 9.65. The minimum atomic E-state index is 0.745. The SMILES string of the molecule is Cc1ccc(C)c(-c2csc(-c3ccccc3Cl)n2)c1. The molecule has 0 aliphatic rings. The normalized spacial score (nSPS) is 10.8. The summed E-state index contributed by atoms with van der Waals surface area (Å²) in [6.45, 7) is 4.22. The van der Waals surface area contributed by atoms with E-state index in [1.807, 2.05) is 24.3 Å². The molecule has 3 aromatic rings. The summed E-state index contributed by atoms with van der Waals surface area (Å²) >= 11 is 7.87. The van der Waals surface area contributed by atoms with E-state index in [9.17, 15) is 0 Å². The summed E-state index contributed by atoms with van der Waals surface area (Å²) in [7, 11) is 0. The van der Waals surface area contributed by atoms with Crippen LogP contribution < -0.4 is 0 Å². The third-order valence-electron chi connectivity index (χ3n) is 3.28. The molecule has 0 amide bonds. The van der Waals surface area contributed by atoms with E-state index in [1.54, 1.807) is 11.3 Å². The van der Waals surface area contributed by atoms with Gasteiger partial charge in [-0.25, -0.2) is 4.98 Å². The van der Waals surface area contributed by atoms with Crippen LogP contribution >= 0.6 is 22.9 Å². The van der Waals surface area contributed by atoms with Crippen molar-refractivity contribution >= 4 is 22.9 Å². The number of rotatable bonds is 2. The molecule has 0 N–H and O–H groups in total. The van der Waals surface area contributed by atoms with Crippen LogP contribution in [0, 0.1) is 13.8 Å². The Bertz CT molecular complexity index is 761. The Morgan fingerprint density at radius 2 is 1.80 bits per heavy atom. The fraction of sp³-hybridized carbons (Fsp3) is 0.118. The molecule has 1 nitrogen and oxygen atoms in total. The van der Waals surface area contributed by atoms with Crippen LogP contribution in [0.15, 0.2) is 47.8 Å². The third kappa shape index (κ3) is 2.49. The van der Waals surface area contributed by atoms with Gasteiger partial charge in [-0.1, -0.05) is 47.5 Å². The second-order valence-corrected chi connectivity index (χ2v) is 6.10. The minimum absolute atomic E-state index is 0.745. The molecule has 100 valence electrons. The Hall–Kier alpha value is -1.64. The average molecular weight is 300 g/mol. The van der Waals surface area contributed by atoms with Crippen LogP contribution in [0.4, 0.5) is 0 Å². The maximum Gasteiger partial charge on any atom is 0.125 e. The largest absolute Gasteiger partial charge is 0.236 e. The van der Waals surface area contributed by atoms with Gasteiger partial charge in [0.1, 0.15) is 5.01 Å². The quantitative estimate of drug-likeness (QED) is 0.587. The summed E-state index contributed by atoms with van der Waals surface area (Å²) in [5.74, 6) is 0. The van der Waals surface area contributed by atoms with Gasteiger partial charge in [0.05, 0.1) is 10.7 Å². The molecule has 20 heavy (non-hydrogen) atoms. The van der Waals surface area contributed by atoms with Crippen LogP contribution in [0.25, 0.3) is 21.8 Å². The molecule has 0 aliphatic carbocycles. The van der Waals surface area contributed by atoms with E-state index in [-0.39, 0.29) is 0 Å². The highest BCUT2D eigenvalue weighted by Gasteiger charge is 2.10. The molecule has 0 saturated heterocycles. The highest BCUT2D eigenvalue weighted by Crippen LogP contribution is 2.34. The van der Waals surface area contributed by atoms with Crippen LogP contribution in [-0.4, -0.2) is 4.98 Å². The van der Waals surface area contributed by atoms with Crippen LogP contribution in [0.5, 0.6) is 0 Å². The first-order valence-electron chi connectivity index (χ1n) is 6.43. The molecule has 0 bridgehead atoms. The highest BCUT2D eigenvalue weighted by atomic mass is 35.5. The molecule has 0 unspecified atom stereocenters. The number of hydrogen-bond acceptors (Lipinski definition) is 2. The molecule has 0 fully saturated rings. The van der Waals surface area contributed by atoms with Crippen molar-refractivity contribution in [3.05, 3.63) is 64.0 Å². The first kappa shape index (κ1) is 13.3. The first-order valence-corrected chi connectivity index (χ1v) is 7.69. The molecule has 1 heterocycles. The van der Waals surface area contributed by atoms with E-state index < -0.39 is 0 Å². The Balaban J connectivity index is 2.07. The summed E-state index contributed by atoms with van der Waals surface area (Å²) in [5, 5.41) is 3.81. The van der Waals surface area contributed by atoms with Gasteiger partial charge in [0.2, 0.25) is 0 Å². The molecule has 0 saturated carbocycles. The summed E-state index contributed by atoms with van der Waals surface area (Å²) in [4.78, 5) is 4.75. The number of benzene rings is 2. The molecule has 0 spiro atoms. The van der Waals surface area contributed by atoms with Gasteiger partial charge >= 0.3 is 0 Å². The summed E-state index contributed by atoms with van der Waals surface area (Å²) in [5.41, 5.74) is 5.70. The third-order valence-corrected chi connectivity index (χ3v) is 4.48. The van der Waals surface area contributed by atoms with Crippen LogP contribution in [0.2, 0.25) is 5.02 Å². The second-order valence-electron chi connectivity index (χ2n) is 4.84. The van der Waals surface area contributed by atoms with Crippen LogP contribution in [0.3, 0.4) is 0 Å². The van der Waals surface area contributed by atoms with E-state index in [1.165, 1.54) is 16.7 Å². The molecule has 0 aliphatic heterocycles. The van der Waals surface area contributed by atoms with Gasteiger partial charge in [-0.15, -0.1) is 11.3 Å². The molecular formula is C17H14ClNS. The topological polar surface area (TPSA) is 12.9 Å². The zero-order chi connectivity index (χ0) is 14.1. The Kier molecular flexibility index (Phi) is 3.60. The Morgan fingerprint density at radius 1 is 1.00 bits per heavy atom. The second kappa shape index (κ2) is 5.39. The van der Waals surface area contributed by atoms with Gasteiger partial charge in [-0.3, -0.25) is 0 Å². The summed E-state index contributed by atoms with van der Waals surface area (Å²) < 4.78 is 0. The van der Waals surface area contributed by atoms with E-state index in [0.717, 1.165) is 21.3 Å². The van der Waals surface area contributed by atoms with Gasteiger partial charge in [-0.2, -0.15) is 0 Å². The van der Waals surface area contributed by atoms with Crippen molar-refractivity contribution in [1.29, 1.82) is 0 Å². The summed E-state index contributed by atoms with van der Waals surface area (Å²) in [6, 6.07) is 14.3. The van der Waals surface area contributed by atoms with Crippen molar-refractivity contribution in [3.63, 3.8) is 0 Å². The van der Waals surface area contributed by atoms with Crippen molar-refractivity contribution in [1.82, 2.24) is 4.98 Å². The van der Waals surface area contributed by atoms with E-state index >= 15 is 0 Å². The maximum atomic E-state index is 6.24. The number of hydrogen-bond donors (Lipinski definition) is 0. The van der Waals surface area contributed by atoms with E-state index in [2.05, 4.69) is 37.4 Å². The number of aryl methyl sites for hydroxylation is 2. The van der Waals surface area contributed by atoms with Gasteiger partial charge < -0.3 is 0 Å². The van der Waals surface area contributed by atoms with Gasteiger partial charge in [0.15, 0.2) is 0 Å². The lowest BCUT2D eigenvalue weighted by Gasteiger charge is -2.04. The standard InChI is InChI=1S/C17H14ClNS/c1-11-7-8-12(2)14(9-11)16-10-20-17(19-16)13-5-3-4-6-15(13)18/h3-10H,1-2H3. The fourth-order valence-electron chi connectivity index (χ4n) is 2.17. The smallest absolute Gasteiger partial charge is 0.125 e. The molecule has 3 rings (SSSR count). The Morgan fingerprint density at radius 3 is 2.60 bits per heavy atom. The zero-order valence-electron chi connectivity index (χ0n) is 11.4. The minimum Gasteiger partial charge on any atom is -0.236 e. The monoisotopic (exact) mass is 299 g/mol. The predicted octanol–water partition coefficient (Wildman–Crippen LogP) is 5.75. The molecule has 2 aromatic carbocycles. The number of thiazole rings is 1. The number of nitrogens with zero attached hydrogens (tertiary/aromatic N) is 1. The van der Waals surface area contributed by atoms with E-state index in [4.69, 9.17) is 16.6 Å². The van der Waals surface area contributed by atoms with Gasteiger partial charge in [0.25, 0.3) is 0 Å². The lowest BCUT2D eigenvalue weighted by molar-refractivity contribution is 1.34. The number of aromatic nitrogens is 1. The van der Waals surface area contributed by atoms with Crippen molar-refractivity contribution in [2.75, 3.05) is 0 Å². The molecule has 3 heteroatoms. The van der Waals surface area contributed by atoms with E-state index in [0.29, 0.717) is 0 Å². The zero-order valence-corrected chi connectivity index (χ0v) is 12.9. The summed E-state index contributed by atoms with van der Waals surface area (Å²) in [6.07, 6.45) is 0. The lowest BCUT2D eigenvalue weighted by atomic mass is 10.0. The number of halogens is 1. The highest BCUT2D eigenvalue weighted by molar-refractivity contribution is 7.13. The maximum absolute atomic E-state index is 6.24. The Labute approximate surface area is 127 Å². The van der Waals surface area contributed by atoms with Gasteiger partial charge in [-0.05, 0) is 31.5 Å². The van der Waals surface area contributed by atoms with Crippen molar-refractivity contribution in [2.24, 2.45) is 0 Å². The average Bonchev–Trinajstić information content (AvgIpc) is 2.91. The lowest BCUT2D eigenvalue weighted by Crippen LogP contribution is -1.85. The van der Waals surface area contributed by atoms with Crippen molar-refractivity contribution in [2.45, 2.75) is 13.8 Å². The molecule has 1 aromatic heterocycles.